The van der Waals surface area contributed by atoms with Gasteiger partial charge in [-0.1, -0.05) is 17.7 Å². The van der Waals surface area contributed by atoms with Crippen LogP contribution in [0.4, 0.5) is 4.39 Å². The molecule has 8 heteroatoms. The van der Waals surface area contributed by atoms with Crippen molar-refractivity contribution in [2.75, 3.05) is 13.1 Å². The molecule has 0 aromatic heterocycles. The molecule has 1 aromatic rings. The highest BCUT2D eigenvalue weighted by Gasteiger charge is 2.45. The number of benzene rings is 1. The molecule has 1 N–H and O–H groups in total. The number of halogens is 2. The number of carboxylic acid groups (broad SMARTS) is 1. The van der Waals surface area contributed by atoms with E-state index in [1.54, 1.807) is 0 Å². The molecule has 0 spiro atoms. The van der Waals surface area contributed by atoms with Gasteiger partial charge in [-0.2, -0.15) is 4.31 Å². The molecule has 2 rings (SSSR count). The van der Waals surface area contributed by atoms with Crippen LogP contribution in [0.5, 0.6) is 0 Å². The van der Waals surface area contributed by atoms with Crippen LogP contribution in [-0.2, 0) is 14.8 Å². The van der Waals surface area contributed by atoms with Gasteiger partial charge in [0.2, 0.25) is 10.0 Å². The quantitative estimate of drug-likeness (QED) is 0.923. The van der Waals surface area contributed by atoms with Crippen LogP contribution in [0.1, 0.15) is 13.3 Å². The second kappa shape index (κ2) is 4.98. The Balaban J connectivity index is 2.41. The van der Waals surface area contributed by atoms with E-state index in [2.05, 4.69) is 0 Å². The van der Waals surface area contributed by atoms with Gasteiger partial charge in [0.05, 0.1) is 10.4 Å². The van der Waals surface area contributed by atoms with Gasteiger partial charge < -0.3 is 5.11 Å². The van der Waals surface area contributed by atoms with Crippen LogP contribution in [0.3, 0.4) is 0 Å². The summed E-state index contributed by atoms with van der Waals surface area (Å²) in [7, 11) is -4.14. The Bertz CT molecular complexity index is 643. The normalized spacial score (nSPS) is 23.9. The molecule has 1 aliphatic rings. The van der Waals surface area contributed by atoms with Gasteiger partial charge in [0, 0.05) is 13.1 Å². The number of hydrogen-bond acceptors (Lipinski definition) is 3. The van der Waals surface area contributed by atoms with E-state index >= 15 is 0 Å². The van der Waals surface area contributed by atoms with E-state index in [1.165, 1.54) is 19.1 Å². The molecule has 1 aromatic carbocycles. The van der Waals surface area contributed by atoms with Crippen LogP contribution in [0.2, 0.25) is 5.02 Å². The minimum absolute atomic E-state index is 0.0236. The summed E-state index contributed by atoms with van der Waals surface area (Å²) in [5.41, 5.74) is -1.16. The van der Waals surface area contributed by atoms with Crippen molar-refractivity contribution in [3.63, 3.8) is 0 Å². The predicted molar refractivity (Wildman–Crippen MR) is 70.5 cm³/mol. The van der Waals surface area contributed by atoms with E-state index in [0.717, 1.165) is 10.4 Å². The zero-order chi connectivity index (χ0) is 15.1. The molecule has 1 aliphatic heterocycles. The fourth-order valence-corrected chi connectivity index (χ4v) is 4.29. The largest absolute Gasteiger partial charge is 0.481 e. The van der Waals surface area contributed by atoms with Crippen molar-refractivity contribution in [3.05, 3.63) is 29.0 Å². The minimum atomic E-state index is -4.14. The highest BCUT2D eigenvalue weighted by atomic mass is 35.5. The summed E-state index contributed by atoms with van der Waals surface area (Å²) in [5, 5.41) is 8.90. The van der Waals surface area contributed by atoms with Gasteiger partial charge in [0.1, 0.15) is 10.7 Å². The van der Waals surface area contributed by atoms with E-state index in [-0.39, 0.29) is 24.5 Å². The third-order valence-electron chi connectivity index (χ3n) is 3.47. The van der Waals surface area contributed by atoms with E-state index < -0.39 is 32.1 Å². The summed E-state index contributed by atoms with van der Waals surface area (Å²) < 4.78 is 39.5. The molecule has 0 radical (unpaired) electrons. The smallest absolute Gasteiger partial charge is 0.310 e. The molecule has 20 heavy (non-hydrogen) atoms. The van der Waals surface area contributed by atoms with Gasteiger partial charge in [-0.15, -0.1) is 0 Å². The second-order valence-corrected chi connectivity index (χ2v) is 7.29. The van der Waals surface area contributed by atoms with E-state index in [4.69, 9.17) is 16.7 Å². The molecule has 1 heterocycles. The highest BCUT2D eigenvalue weighted by Crippen LogP contribution is 2.36. The third kappa shape index (κ3) is 2.41. The zero-order valence-corrected chi connectivity index (χ0v) is 12.2. The number of carboxylic acids is 1. The molecule has 110 valence electrons. The Morgan fingerprint density at radius 1 is 1.50 bits per heavy atom. The molecule has 0 bridgehead atoms. The number of rotatable bonds is 3. The van der Waals surface area contributed by atoms with Crippen LogP contribution in [0.25, 0.3) is 0 Å². The van der Waals surface area contributed by atoms with Crippen LogP contribution in [-0.4, -0.2) is 36.9 Å². The van der Waals surface area contributed by atoms with E-state index in [9.17, 15) is 17.6 Å². The van der Waals surface area contributed by atoms with Gasteiger partial charge in [-0.05, 0) is 25.5 Å². The number of carbonyl (C=O) groups is 1. The van der Waals surface area contributed by atoms with Gasteiger partial charge in [0.15, 0.2) is 0 Å². The summed E-state index contributed by atoms with van der Waals surface area (Å²) in [6.07, 6.45) is 0.174. The summed E-state index contributed by atoms with van der Waals surface area (Å²) in [4.78, 5) is 10.5. The van der Waals surface area contributed by atoms with Crippen molar-refractivity contribution >= 4 is 27.6 Å². The van der Waals surface area contributed by atoms with Crippen LogP contribution in [0.15, 0.2) is 23.1 Å². The maximum atomic E-state index is 13.7. The Morgan fingerprint density at radius 3 is 2.65 bits per heavy atom. The van der Waals surface area contributed by atoms with Crippen molar-refractivity contribution in [1.82, 2.24) is 4.31 Å². The lowest BCUT2D eigenvalue weighted by atomic mass is 9.90. The lowest BCUT2D eigenvalue weighted by Gasteiger charge is -2.20. The highest BCUT2D eigenvalue weighted by molar-refractivity contribution is 7.89. The first-order chi connectivity index (χ1) is 9.18. The summed E-state index contributed by atoms with van der Waals surface area (Å²) in [6.45, 7) is 1.29. The maximum absolute atomic E-state index is 13.7. The minimum Gasteiger partial charge on any atom is -0.481 e. The van der Waals surface area contributed by atoms with E-state index in [1.807, 2.05) is 0 Å². The maximum Gasteiger partial charge on any atom is 0.310 e. The van der Waals surface area contributed by atoms with Crippen LogP contribution < -0.4 is 0 Å². The van der Waals surface area contributed by atoms with Crippen molar-refractivity contribution < 1.29 is 22.7 Å². The second-order valence-electron chi connectivity index (χ2n) is 5.01. The van der Waals surface area contributed by atoms with Gasteiger partial charge >= 0.3 is 5.97 Å². The van der Waals surface area contributed by atoms with Crippen molar-refractivity contribution in [1.29, 1.82) is 0 Å². The predicted octanol–water partition coefficient (Wildman–Crippen LogP) is 1.96. The fraction of sp³-hybridized carbons (Fsp3) is 0.417. The first-order valence-corrected chi connectivity index (χ1v) is 7.68. The molecule has 0 saturated carbocycles. The number of aliphatic carboxylic acids is 1. The van der Waals surface area contributed by atoms with E-state index in [0.29, 0.717) is 0 Å². The standard InChI is InChI=1S/C12H13ClFNO4S/c1-12(11(16)17)5-6-15(7-12)20(18,19)10-8(13)3-2-4-9(10)14/h2-4H,5-7H2,1H3,(H,16,17). The van der Waals surface area contributed by atoms with Gasteiger partial charge in [0.25, 0.3) is 0 Å². The molecule has 1 saturated heterocycles. The summed E-state index contributed by atoms with van der Waals surface area (Å²) in [5.74, 6) is -2.02. The van der Waals surface area contributed by atoms with Crippen molar-refractivity contribution in [2.24, 2.45) is 5.41 Å². The fourth-order valence-electron chi connectivity index (χ4n) is 2.16. The number of hydrogen-bond donors (Lipinski definition) is 1. The Kier molecular flexibility index (Phi) is 3.79. The molecule has 0 aliphatic carbocycles. The lowest BCUT2D eigenvalue weighted by Crippen LogP contribution is -2.35. The molecule has 1 fully saturated rings. The molecule has 1 unspecified atom stereocenters. The molecular formula is C12H13ClFNO4S. The molecule has 5 nitrogen and oxygen atoms in total. The first-order valence-electron chi connectivity index (χ1n) is 5.86. The Hall–Kier alpha value is -1.18. The average molecular weight is 322 g/mol. The third-order valence-corrected chi connectivity index (χ3v) is 5.82. The lowest BCUT2D eigenvalue weighted by molar-refractivity contribution is -0.146. The first kappa shape index (κ1) is 15.2. The summed E-state index contributed by atoms with van der Waals surface area (Å²) in [6, 6.07) is 3.59. The van der Waals surface area contributed by atoms with Crippen LogP contribution in [0, 0.1) is 11.2 Å². The van der Waals surface area contributed by atoms with Crippen molar-refractivity contribution in [3.8, 4) is 0 Å². The zero-order valence-electron chi connectivity index (χ0n) is 10.6. The van der Waals surface area contributed by atoms with Gasteiger partial charge in [-0.25, -0.2) is 12.8 Å². The van der Waals surface area contributed by atoms with Gasteiger partial charge in [-0.3, -0.25) is 4.79 Å². The Labute approximate surface area is 121 Å². The number of sulfonamides is 1. The average Bonchev–Trinajstić information content (AvgIpc) is 2.73. The molecule has 0 amide bonds. The Morgan fingerprint density at radius 2 is 2.15 bits per heavy atom. The number of nitrogens with zero attached hydrogens (tertiary/aromatic N) is 1. The SMILES string of the molecule is CC1(C(=O)O)CCN(S(=O)(=O)c2c(F)cccc2Cl)C1. The topological polar surface area (TPSA) is 74.7 Å². The van der Waals surface area contributed by atoms with Crippen molar-refractivity contribution in [2.45, 2.75) is 18.2 Å². The summed E-state index contributed by atoms with van der Waals surface area (Å²) >= 11 is 5.76. The monoisotopic (exact) mass is 321 g/mol. The molecule has 1 atom stereocenters. The molecular weight excluding hydrogens is 309 g/mol. The van der Waals surface area contributed by atoms with Crippen LogP contribution >= 0.6 is 11.6 Å².